The molecule has 0 saturated heterocycles. The first kappa shape index (κ1) is 45.5. The third kappa shape index (κ3) is 29.5. The van der Waals surface area contributed by atoms with Gasteiger partial charge in [-0.2, -0.15) is 0 Å². The molecule has 1 atom stereocenters. The summed E-state index contributed by atoms with van der Waals surface area (Å²) in [6.07, 6.45) is 14.2. The zero-order valence-corrected chi connectivity index (χ0v) is 31.0. The summed E-state index contributed by atoms with van der Waals surface area (Å²) < 4.78 is 4.99. The van der Waals surface area contributed by atoms with Gasteiger partial charge in [0, 0.05) is 30.8 Å². The van der Waals surface area contributed by atoms with Gasteiger partial charge in [-0.05, 0) is 63.5 Å². The van der Waals surface area contributed by atoms with Crippen LogP contribution in [0.15, 0.2) is 78.4 Å². The first-order chi connectivity index (χ1) is 22.4. The van der Waals surface area contributed by atoms with Crippen molar-refractivity contribution in [2.45, 2.75) is 127 Å². The quantitative estimate of drug-likeness (QED) is 0.0561. The van der Waals surface area contributed by atoms with Crippen molar-refractivity contribution in [2.75, 3.05) is 6.61 Å². The molecule has 0 fully saturated rings. The molecule has 262 valence electrons. The smallest absolute Gasteiger partial charge is 0.305 e. The van der Waals surface area contributed by atoms with Gasteiger partial charge in [-0.1, -0.05) is 139 Å². The van der Waals surface area contributed by atoms with Crippen molar-refractivity contribution in [3.8, 4) is 0 Å². The van der Waals surface area contributed by atoms with Crippen molar-refractivity contribution in [1.29, 1.82) is 0 Å². The summed E-state index contributed by atoms with van der Waals surface area (Å²) in [6, 6.07) is 19.8. The summed E-state index contributed by atoms with van der Waals surface area (Å²) in [5.74, 6) is 1.18. The van der Waals surface area contributed by atoms with Gasteiger partial charge in [0.25, 0.3) is 0 Å². The Morgan fingerprint density at radius 2 is 1.36 bits per heavy atom. The third-order valence-corrected chi connectivity index (χ3v) is 6.85. The van der Waals surface area contributed by atoms with E-state index in [1.54, 1.807) is 6.92 Å². The van der Waals surface area contributed by atoms with Crippen LogP contribution in [-0.2, 0) is 30.3 Å². The number of aldehydes is 1. The number of rotatable bonds is 17. The van der Waals surface area contributed by atoms with Crippen LogP contribution in [0.25, 0.3) is 5.57 Å². The number of carbonyl (C=O) groups is 4. The van der Waals surface area contributed by atoms with Crippen molar-refractivity contribution < 1.29 is 23.9 Å². The molecule has 0 bridgehead atoms. The fourth-order valence-corrected chi connectivity index (χ4v) is 4.04. The Kier molecular flexibility index (Phi) is 30.0. The maximum atomic E-state index is 11.1. The Labute approximate surface area is 287 Å². The number of unbranched alkanes of at least 4 members (excludes halogenated alkanes) is 3. The Balaban J connectivity index is 0. The first-order valence-electron chi connectivity index (χ1n) is 17.5. The van der Waals surface area contributed by atoms with Crippen molar-refractivity contribution >= 4 is 29.4 Å². The van der Waals surface area contributed by atoms with E-state index in [4.69, 9.17) is 4.74 Å². The molecule has 1 unspecified atom stereocenters. The van der Waals surface area contributed by atoms with Crippen LogP contribution in [0.1, 0.15) is 131 Å². The molecule has 2 rings (SSSR count). The number of hydrogen-bond acceptors (Lipinski definition) is 5. The van der Waals surface area contributed by atoms with Crippen molar-refractivity contribution in [3.05, 3.63) is 89.5 Å². The maximum absolute atomic E-state index is 11.1. The summed E-state index contributed by atoms with van der Waals surface area (Å²) in [7, 11) is 0. The minimum Gasteiger partial charge on any atom is -0.466 e. The highest BCUT2D eigenvalue weighted by Crippen LogP contribution is 2.14. The van der Waals surface area contributed by atoms with E-state index in [9.17, 15) is 19.2 Å². The van der Waals surface area contributed by atoms with Crippen molar-refractivity contribution in [3.63, 3.8) is 0 Å². The lowest BCUT2D eigenvalue weighted by atomic mass is 10.00. The molecular formula is C42H64O5. The topological polar surface area (TPSA) is 77.5 Å². The number of hydrogen-bond donors (Lipinski definition) is 0. The van der Waals surface area contributed by atoms with Gasteiger partial charge in [-0.15, -0.1) is 0 Å². The summed E-state index contributed by atoms with van der Waals surface area (Å²) >= 11 is 0. The van der Waals surface area contributed by atoms with Crippen LogP contribution in [0, 0.1) is 11.8 Å². The Morgan fingerprint density at radius 3 is 1.83 bits per heavy atom. The molecular weight excluding hydrogens is 584 g/mol. The predicted octanol–water partition coefficient (Wildman–Crippen LogP) is 11.0. The summed E-state index contributed by atoms with van der Waals surface area (Å²) in [4.78, 5) is 43.3. The molecule has 0 aromatic heterocycles. The lowest BCUT2D eigenvalue weighted by Gasteiger charge is -2.04. The van der Waals surface area contributed by atoms with Crippen LogP contribution >= 0.6 is 0 Å². The highest BCUT2D eigenvalue weighted by Gasteiger charge is 2.07. The third-order valence-electron chi connectivity index (χ3n) is 6.85. The molecule has 0 heterocycles. The zero-order chi connectivity index (χ0) is 35.9. The molecule has 0 saturated carbocycles. The SMILES string of the molecule is CC(=O)CCc1ccccc1.CC(C)C=C(C=O)c1ccccc1.CCC(=O)C(C)CC=C(C)C.CCCCCCOC(=O)CCC. The second-order valence-corrected chi connectivity index (χ2v) is 12.3. The van der Waals surface area contributed by atoms with Crippen LogP contribution in [0.5, 0.6) is 0 Å². The summed E-state index contributed by atoms with van der Waals surface area (Å²) in [5, 5.41) is 0. The first-order valence-corrected chi connectivity index (χ1v) is 17.5. The second kappa shape index (κ2) is 31.0. The molecule has 0 amide bonds. The summed E-state index contributed by atoms with van der Waals surface area (Å²) in [5.41, 5.74) is 4.30. The molecule has 0 aliphatic carbocycles. The van der Waals surface area contributed by atoms with E-state index >= 15 is 0 Å². The number of allylic oxidation sites excluding steroid dienone is 4. The molecule has 0 aliphatic heterocycles. The molecule has 0 aliphatic rings. The summed E-state index contributed by atoms with van der Waals surface area (Å²) in [6.45, 7) is 18.5. The largest absolute Gasteiger partial charge is 0.466 e. The minimum atomic E-state index is -0.0472. The highest BCUT2D eigenvalue weighted by molar-refractivity contribution is 6.06. The van der Waals surface area contributed by atoms with E-state index in [-0.39, 0.29) is 17.7 Å². The van der Waals surface area contributed by atoms with Gasteiger partial charge < -0.3 is 9.53 Å². The molecule has 2 aromatic rings. The van der Waals surface area contributed by atoms with Gasteiger partial charge in [0.15, 0.2) is 0 Å². The Hall–Kier alpha value is -3.60. The number of carbonyl (C=O) groups excluding carboxylic acids is 4. The Morgan fingerprint density at radius 1 is 0.766 bits per heavy atom. The standard InChI is InChI=1S/C12H14O.C10H20O2.C10H12O.C10H18O/c1-10(2)8-12(9-13)11-6-4-3-5-7-11;1-3-5-6-7-9-12-10(11)8-4-2;1-9(11)7-8-10-5-3-2-4-6-10;1-5-10(11)9(4)7-6-8(2)3/h3-10H,1-2H3;3-9H2,1-2H3;2-6H,7-8H2,1H3;6,9H,5,7H2,1-4H3. The number of esters is 1. The number of ketones is 2. The van der Waals surface area contributed by atoms with E-state index < -0.39 is 0 Å². The van der Waals surface area contributed by atoms with E-state index in [0.717, 1.165) is 43.1 Å². The molecule has 5 nitrogen and oxygen atoms in total. The van der Waals surface area contributed by atoms with E-state index in [1.807, 2.05) is 87.5 Å². The predicted molar refractivity (Wildman–Crippen MR) is 199 cm³/mol. The van der Waals surface area contributed by atoms with Crippen LogP contribution in [0.4, 0.5) is 0 Å². The van der Waals surface area contributed by atoms with Crippen LogP contribution in [-0.4, -0.2) is 30.4 Å². The molecule has 0 radical (unpaired) electrons. The monoisotopic (exact) mass is 648 g/mol. The van der Waals surface area contributed by atoms with E-state index in [2.05, 4.69) is 40.7 Å². The molecule has 2 aromatic carbocycles. The molecule has 5 heteroatoms. The fraction of sp³-hybridized carbons (Fsp3) is 0.524. The van der Waals surface area contributed by atoms with Gasteiger partial charge in [0.05, 0.1) is 6.61 Å². The van der Waals surface area contributed by atoms with Gasteiger partial charge >= 0.3 is 5.97 Å². The second-order valence-electron chi connectivity index (χ2n) is 12.3. The van der Waals surface area contributed by atoms with Crippen LogP contribution < -0.4 is 0 Å². The van der Waals surface area contributed by atoms with Crippen molar-refractivity contribution in [1.82, 2.24) is 0 Å². The highest BCUT2D eigenvalue weighted by atomic mass is 16.5. The van der Waals surface area contributed by atoms with Gasteiger partial charge in [-0.3, -0.25) is 14.4 Å². The lowest BCUT2D eigenvalue weighted by Crippen LogP contribution is -2.07. The van der Waals surface area contributed by atoms with Gasteiger partial charge in [0.2, 0.25) is 0 Å². The number of ether oxygens (including phenoxy) is 1. The van der Waals surface area contributed by atoms with Crippen molar-refractivity contribution in [2.24, 2.45) is 11.8 Å². The number of benzene rings is 2. The van der Waals surface area contributed by atoms with E-state index in [0.29, 0.717) is 37.6 Å². The fourth-order valence-electron chi connectivity index (χ4n) is 4.04. The molecule has 0 spiro atoms. The average molecular weight is 649 g/mol. The van der Waals surface area contributed by atoms with Crippen LogP contribution in [0.2, 0.25) is 0 Å². The Bertz CT molecular complexity index is 1140. The zero-order valence-electron chi connectivity index (χ0n) is 31.0. The molecule has 0 N–H and O–H groups in total. The molecule has 47 heavy (non-hydrogen) atoms. The normalized spacial score (nSPS) is 10.9. The maximum Gasteiger partial charge on any atom is 0.305 e. The van der Waals surface area contributed by atoms with E-state index in [1.165, 1.54) is 30.4 Å². The minimum absolute atomic E-state index is 0.0472. The van der Waals surface area contributed by atoms with Gasteiger partial charge in [0.1, 0.15) is 17.9 Å². The average Bonchev–Trinajstić information content (AvgIpc) is 3.06. The van der Waals surface area contributed by atoms with Crippen LogP contribution in [0.3, 0.4) is 0 Å². The number of aryl methyl sites for hydroxylation is 1. The van der Waals surface area contributed by atoms with Gasteiger partial charge in [-0.25, -0.2) is 0 Å². The number of Topliss-reactive ketones (excluding diaryl/α,β-unsaturated/α-hetero) is 2. The lowest BCUT2D eigenvalue weighted by molar-refractivity contribution is -0.143.